The number of nitrogens with one attached hydrogen (secondary N) is 2. The molecule has 3 aliphatic heterocycles. The molecule has 1 saturated carbocycles. The van der Waals surface area contributed by atoms with Crippen LogP contribution >= 0.6 is 11.6 Å². The van der Waals surface area contributed by atoms with E-state index in [-0.39, 0.29) is 34.1 Å². The molecule has 0 spiro atoms. The Hall–Kier alpha value is -5.52. The van der Waals surface area contributed by atoms with E-state index < -0.39 is 25.7 Å². The zero-order chi connectivity index (χ0) is 48.0. The first-order chi connectivity index (χ1) is 33.1. The van der Waals surface area contributed by atoms with Gasteiger partial charge in [0.25, 0.3) is 21.6 Å². The van der Waals surface area contributed by atoms with Gasteiger partial charge in [-0.25, -0.2) is 18.1 Å². The van der Waals surface area contributed by atoms with Crippen LogP contribution < -0.4 is 19.1 Å². The highest BCUT2D eigenvalue weighted by molar-refractivity contribution is 7.90. The molecule has 0 bridgehead atoms. The first kappa shape index (κ1) is 47.2. The molecule has 364 valence electrons. The number of sulfonamides is 1. The molecule has 15 nitrogen and oxygen atoms in total. The van der Waals surface area contributed by atoms with Crippen molar-refractivity contribution in [2.75, 3.05) is 70.4 Å². The van der Waals surface area contributed by atoms with E-state index in [1.54, 1.807) is 30.5 Å². The smallest absolute Gasteiger partial charge is 0.277 e. The number of nitrogens with zero attached hydrogens (tertiary/aromatic N) is 6. The summed E-state index contributed by atoms with van der Waals surface area (Å²) in [5.41, 5.74) is 5.79. The third-order valence-electron chi connectivity index (χ3n) is 15.0. The molecule has 69 heavy (non-hydrogen) atoms. The van der Waals surface area contributed by atoms with Crippen LogP contribution in [-0.4, -0.2) is 122 Å². The predicted octanol–water partition coefficient (Wildman–Crippen LogP) is 8.93. The summed E-state index contributed by atoms with van der Waals surface area (Å²) in [6, 6.07) is 20.4. The largest absolute Gasteiger partial charge is 0.493 e. The van der Waals surface area contributed by atoms with Gasteiger partial charge in [0, 0.05) is 117 Å². The van der Waals surface area contributed by atoms with Gasteiger partial charge in [0.1, 0.15) is 22.9 Å². The maximum atomic E-state index is 14.2. The van der Waals surface area contributed by atoms with Crippen molar-refractivity contribution in [1.82, 2.24) is 29.4 Å². The topological polar surface area (TPSA) is 166 Å². The third kappa shape index (κ3) is 10.4. The number of nitro benzene ring substituents is 1. The molecule has 5 aromatic rings. The number of benzene rings is 3. The van der Waals surface area contributed by atoms with Gasteiger partial charge in [-0.15, -0.1) is 0 Å². The van der Waals surface area contributed by atoms with Gasteiger partial charge in [-0.1, -0.05) is 49.6 Å². The molecule has 2 N–H and O–H groups in total. The normalized spacial score (nSPS) is 21.7. The van der Waals surface area contributed by atoms with E-state index in [2.05, 4.69) is 67.2 Å². The molecule has 2 saturated heterocycles. The average molecular weight is 978 g/mol. The minimum absolute atomic E-state index is 0.000219. The number of ether oxygens (including phenoxy) is 2. The standard InChI is InChI=1S/C52H61ClN8O7S/c1-34-30-58(19-22-60(34)40-5-4-6-40)31-35-23-45-47(61(63)64)26-43(27-48(45)67-33-35)69(65,66)56-51(62)44-12-11-41(25-49(44)68-42-24-37-14-16-54-50(37)55-29-42)59-20-17-57(18-21-59)32-38-13-15-52(2,3)28-46(38)36-7-9-39(53)10-8-36/h7-12,14,16,24-27,29,34-35,40H,4-6,13,15,17-23,28,30-33H2,1-3H3,(H,54,55)(H,56,62)/t34-,35+/m1/s1. The van der Waals surface area contributed by atoms with Gasteiger partial charge in [-0.2, -0.15) is 0 Å². The van der Waals surface area contributed by atoms with Crippen LogP contribution in [0.5, 0.6) is 17.2 Å². The van der Waals surface area contributed by atoms with Gasteiger partial charge in [0.15, 0.2) is 0 Å². The van der Waals surface area contributed by atoms with Crippen molar-refractivity contribution in [3.05, 3.63) is 117 Å². The lowest BCUT2D eigenvalue weighted by molar-refractivity contribution is -0.386. The number of carbonyl (C=O) groups excluding carboxylic acids is 1. The second-order valence-electron chi connectivity index (χ2n) is 20.5. The van der Waals surface area contributed by atoms with Crippen molar-refractivity contribution in [1.29, 1.82) is 0 Å². The number of allylic oxidation sites excluding steroid dienone is 1. The highest BCUT2D eigenvalue weighted by Crippen LogP contribution is 2.44. The summed E-state index contributed by atoms with van der Waals surface area (Å²) in [4.78, 5) is 43.0. The van der Waals surface area contributed by atoms with Crippen LogP contribution in [0.2, 0.25) is 5.02 Å². The lowest BCUT2D eigenvalue weighted by Gasteiger charge is -2.47. The van der Waals surface area contributed by atoms with Gasteiger partial charge in [0.05, 0.1) is 33.7 Å². The summed E-state index contributed by atoms with van der Waals surface area (Å²) >= 11 is 6.26. The van der Waals surface area contributed by atoms with Crippen LogP contribution in [0.3, 0.4) is 0 Å². The monoisotopic (exact) mass is 976 g/mol. The lowest BCUT2D eigenvalue weighted by Crippen LogP contribution is -2.57. The summed E-state index contributed by atoms with van der Waals surface area (Å²) < 4.78 is 42.8. The number of pyridine rings is 1. The number of halogens is 1. The van der Waals surface area contributed by atoms with Crippen LogP contribution in [0.15, 0.2) is 89.6 Å². The molecule has 1 amide bonds. The van der Waals surface area contributed by atoms with E-state index in [9.17, 15) is 23.3 Å². The summed E-state index contributed by atoms with van der Waals surface area (Å²) in [5, 5.41) is 14.1. The fourth-order valence-corrected chi connectivity index (χ4v) is 12.1. The number of carbonyl (C=O) groups is 1. The SMILES string of the molecule is C[C@@H]1CN(C[C@H]2COc3cc(S(=O)(=O)NC(=O)c4ccc(N5CCN(CC6=C(c7ccc(Cl)cc7)CC(C)(C)CC6)CC5)cc4Oc4cnc5[nH]ccc5c4)cc([N+](=O)[O-])c3C2)CCN1C1CCC1. The molecule has 2 aliphatic carbocycles. The molecular weight excluding hydrogens is 916 g/mol. The Labute approximate surface area is 409 Å². The van der Waals surface area contributed by atoms with Gasteiger partial charge in [-0.3, -0.25) is 24.7 Å². The summed E-state index contributed by atoms with van der Waals surface area (Å²) in [6.07, 6.45) is 10.7. The molecule has 17 heteroatoms. The van der Waals surface area contributed by atoms with Gasteiger partial charge in [0.2, 0.25) is 0 Å². The number of rotatable bonds is 13. The highest BCUT2D eigenvalue weighted by Gasteiger charge is 2.37. The Morgan fingerprint density at radius 2 is 1.80 bits per heavy atom. The van der Waals surface area contributed by atoms with E-state index in [1.165, 1.54) is 48.2 Å². The molecule has 5 aliphatic rings. The zero-order valence-electron chi connectivity index (χ0n) is 39.6. The summed E-state index contributed by atoms with van der Waals surface area (Å²) in [6.45, 7) is 14.8. The fourth-order valence-electron chi connectivity index (χ4n) is 11.0. The Kier molecular flexibility index (Phi) is 13.2. The van der Waals surface area contributed by atoms with Gasteiger partial charge < -0.3 is 24.3 Å². The van der Waals surface area contributed by atoms with Crippen molar-refractivity contribution in [2.24, 2.45) is 11.3 Å². The van der Waals surface area contributed by atoms with Gasteiger partial charge >= 0.3 is 0 Å². The Balaban J connectivity index is 0.850. The fraction of sp³-hybridized carbons (Fsp3) is 0.462. The maximum Gasteiger partial charge on any atom is 0.277 e. The third-order valence-corrected chi connectivity index (χ3v) is 16.6. The van der Waals surface area contributed by atoms with E-state index >= 15 is 0 Å². The Morgan fingerprint density at radius 1 is 1.01 bits per heavy atom. The summed E-state index contributed by atoms with van der Waals surface area (Å²) in [7, 11) is -4.63. The minimum Gasteiger partial charge on any atom is -0.493 e. The van der Waals surface area contributed by atoms with Gasteiger partial charge in [-0.05, 0) is 98.4 Å². The number of hydrogen-bond acceptors (Lipinski definition) is 12. The molecule has 0 radical (unpaired) electrons. The number of nitro groups is 1. The Morgan fingerprint density at radius 3 is 2.54 bits per heavy atom. The summed E-state index contributed by atoms with van der Waals surface area (Å²) in [5.74, 6) is -0.330. The van der Waals surface area contributed by atoms with E-state index in [0.717, 1.165) is 100 Å². The molecule has 3 fully saturated rings. The molecule has 3 aromatic carbocycles. The molecule has 2 atom stereocenters. The van der Waals surface area contributed by atoms with E-state index in [0.29, 0.717) is 42.1 Å². The van der Waals surface area contributed by atoms with Crippen LogP contribution in [-0.2, 0) is 16.4 Å². The van der Waals surface area contributed by atoms with Crippen LogP contribution in [0, 0.1) is 21.4 Å². The van der Waals surface area contributed by atoms with E-state index in [1.807, 2.05) is 18.2 Å². The van der Waals surface area contributed by atoms with Crippen molar-refractivity contribution in [3.63, 3.8) is 0 Å². The zero-order valence-corrected chi connectivity index (χ0v) is 41.2. The molecule has 10 rings (SSSR count). The number of aromatic amines is 1. The average Bonchev–Trinajstić information content (AvgIpc) is 3.78. The number of piperazine rings is 2. The van der Waals surface area contributed by atoms with Crippen LogP contribution in [0.1, 0.15) is 80.8 Å². The number of H-pyrrole nitrogens is 1. The first-order valence-electron chi connectivity index (χ1n) is 24.3. The molecule has 2 aromatic heterocycles. The number of hydrogen-bond donors (Lipinski definition) is 2. The quantitative estimate of drug-likeness (QED) is 0.0851. The first-order valence-corrected chi connectivity index (χ1v) is 26.2. The maximum absolute atomic E-state index is 14.2. The number of aromatic nitrogens is 2. The predicted molar refractivity (Wildman–Crippen MR) is 268 cm³/mol. The van der Waals surface area contributed by atoms with Crippen LogP contribution in [0.25, 0.3) is 16.6 Å². The number of anilines is 1. The number of fused-ring (bicyclic) bond motifs is 2. The lowest BCUT2D eigenvalue weighted by atomic mass is 9.72. The van der Waals surface area contributed by atoms with Crippen LogP contribution in [0.4, 0.5) is 11.4 Å². The van der Waals surface area contributed by atoms with Crippen molar-refractivity contribution in [2.45, 2.75) is 82.7 Å². The molecule has 5 heterocycles. The highest BCUT2D eigenvalue weighted by atomic mass is 35.5. The molecule has 0 unspecified atom stereocenters. The van der Waals surface area contributed by atoms with E-state index in [4.69, 9.17) is 21.1 Å². The Bertz CT molecular complexity index is 2890. The second kappa shape index (κ2) is 19.3. The van der Waals surface area contributed by atoms with Crippen molar-refractivity contribution in [3.8, 4) is 17.2 Å². The van der Waals surface area contributed by atoms with Crippen molar-refractivity contribution >= 4 is 55.5 Å². The number of amides is 1. The molecular formula is C52H61ClN8O7S. The van der Waals surface area contributed by atoms with Crippen molar-refractivity contribution < 1.29 is 27.6 Å². The second-order valence-corrected chi connectivity index (χ2v) is 22.6. The minimum atomic E-state index is -4.63.